The second-order valence-electron chi connectivity index (χ2n) is 5.60. The minimum atomic E-state index is -0.545. The summed E-state index contributed by atoms with van der Waals surface area (Å²) in [6.07, 6.45) is 0. The van der Waals surface area contributed by atoms with Crippen LogP contribution in [0.2, 0.25) is 0 Å². The predicted molar refractivity (Wildman–Crippen MR) is 83.9 cm³/mol. The van der Waals surface area contributed by atoms with Crippen molar-refractivity contribution in [3.8, 4) is 0 Å². The van der Waals surface area contributed by atoms with Crippen LogP contribution in [0.3, 0.4) is 0 Å². The zero-order valence-corrected chi connectivity index (χ0v) is 13.5. The Morgan fingerprint density at radius 1 is 0.909 bits per heavy atom. The third-order valence-electron chi connectivity index (χ3n) is 2.90. The van der Waals surface area contributed by atoms with Crippen molar-refractivity contribution in [1.29, 1.82) is 0 Å². The number of rotatable bonds is 3. The SMILES string of the molecule is COC(=O)C(=C=C=C(C(=O)OC)C(C)(C)C)c1ccccc1. The lowest BCUT2D eigenvalue weighted by atomic mass is 9.87. The molecule has 4 heteroatoms. The molecular weight excluding hydrogens is 280 g/mol. The minimum absolute atomic E-state index is 0.203. The molecule has 0 aliphatic carbocycles. The molecule has 0 aromatic heterocycles. The Bertz CT molecular complexity index is 650. The van der Waals surface area contributed by atoms with Crippen LogP contribution < -0.4 is 0 Å². The molecule has 0 aliphatic heterocycles. The predicted octanol–water partition coefficient (Wildman–Crippen LogP) is 3.14. The Labute approximate surface area is 130 Å². The van der Waals surface area contributed by atoms with E-state index in [9.17, 15) is 9.59 Å². The average molecular weight is 300 g/mol. The molecule has 0 fully saturated rings. The maximum atomic E-state index is 11.9. The van der Waals surface area contributed by atoms with Crippen molar-refractivity contribution in [2.24, 2.45) is 5.41 Å². The van der Waals surface area contributed by atoms with Gasteiger partial charge in [-0.05, 0) is 5.56 Å². The molecule has 1 aromatic carbocycles. The maximum absolute atomic E-state index is 11.9. The van der Waals surface area contributed by atoms with E-state index in [1.165, 1.54) is 14.2 Å². The fourth-order valence-corrected chi connectivity index (χ4v) is 1.72. The van der Waals surface area contributed by atoms with Crippen molar-refractivity contribution in [1.82, 2.24) is 0 Å². The van der Waals surface area contributed by atoms with Gasteiger partial charge in [0.2, 0.25) is 0 Å². The maximum Gasteiger partial charge on any atom is 0.347 e. The largest absolute Gasteiger partial charge is 0.465 e. The van der Waals surface area contributed by atoms with Crippen LogP contribution in [0.4, 0.5) is 0 Å². The second kappa shape index (κ2) is 7.46. The molecule has 4 nitrogen and oxygen atoms in total. The van der Waals surface area contributed by atoms with Gasteiger partial charge in [0.15, 0.2) is 0 Å². The van der Waals surface area contributed by atoms with Crippen molar-refractivity contribution in [3.63, 3.8) is 0 Å². The summed E-state index contributed by atoms with van der Waals surface area (Å²) in [7, 11) is 2.60. The lowest BCUT2D eigenvalue weighted by molar-refractivity contribution is -0.137. The third kappa shape index (κ3) is 4.49. The van der Waals surface area contributed by atoms with Crippen LogP contribution in [-0.2, 0) is 19.1 Å². The van der Waals surface area contributed by atoms with E-state index in [1.54, 1.807) is 24.3 Å². The van der Waals surface area contributed by atoms with Crippen LogP contribution in [0.1, 0.15) is 26.3 Å². The first kappa shape index (κ1) is 17.5. The Balaban J connectivity index is 3.63. The zero-order valence-electron chi connectivity index (χ0n) is 13.5. The number of carbonyl (C=O) groups is 2. The summed E-state index contributed by atoms with van der Waals surface area (Å²) in [4.78, 5) is 23.8. The lowest BCUT2D eigenvalue weighted by Gasteiger charge is -2.17. The summed E-state index contributed by atoms with van der Waals surface area (Å²) in [6.45, 7) is 5.57. The molecule has 1 rings (SSSR count). The van der Waals surface area contributed by atoms with Gasteiger partial charge in [-0.3, -0.25) is 0 Å². The number of hydrogen-bond donors (Lipinski definition) is 0. The monoisotopic (exact) mass is 300 g/mol. The van der Waals surface area contributed by atoms with Crippen molar-refractivity contribution in [2.45, 2.75) is 20.8 Å². The van der Waals surface area contributed by atoms with Gasteiger partial charge < -0.3 is 9.47 Å². The summed E-state index contributed by atoms with van der Waals surface area (Å²) >= 11 is 0. The van der Waals surface area contributed by atoms with Gasteiger partial charge in [-0.25, -0.2) is 9.59 Å². The number of methoxy groups -OCH3 is 2. The Morgan fingerprint density at radius 2 is 1.45 bits per heavy atom. The number of esters is 2. The van der Waals surface area contributed by atoms with Crippen LogP contribution in [0.25, 0.3) is 5.57 Å². The van der Waals surface area contributed by atoms with Crippen molar-refractivity contribution in [3.05, 3.63) is 52.9 Å². The molecule has 0 unspecified atom stereocenters. The highest BCUT2D eigenvalue weighted by Crippen LogP contribution is 2.25. The molecule has 0 saturated carbocycles. The molecule has 0 bridgehead atoms. The first-order chi connectivity index (χ1) is 10.3. The summed E-state index contributed by atoms with van der Waals surface area (Å²) in [5.74, 6) is -1.05. The first-order valence-corrected chi connectivity index (χ1v) is 6.79. The highest BCUT2D eigenvalue weighted by atomic mass is 16.5. The fraction of sp³-hybridized carbons (Fsp3) is 0.333. The molecule has 0 N–H and O–H groups in total. The number of carbonyl (C=O) groups excluding carboxylic acids is 2. The van der Waals surface area contributed by atoms with Gasteiger partial charge in [-0.2, -0.15) is 0 Å². The minimum Gasteiger partial charge on any atom is -0.465 e. The van der Waals surface area contributed by atoms with E-state index in [-0.39, 0.29) is 5.57 Å². The smallest absolute Gasteiger partial charge is 0.347 e. The topological polar surface area (TPSA) is 52.6 Å². The molecule has 1 aromatic rings. The number of ether oxygens (including phenoxy) is 2. The van der Waals surface area contributed by atoms with E-state index in [2.05, 4.69) is 11.5 Å². The molecule has 22 heavy (non-hydrogen) atoms. The van der Waals surface area contributed by atoms with E-state index in [0.29, 0.717) is 11.1 Å². The molecule has 0 atom stereocenters. The van der Waals surface area contributed by atoms with Crippen LogP contribution in [0, 0.1) is 5.41 Å². The van der Waals surface area contributed by atoms with Crippen LogP contribution in [-0.4, -0.2) is 26.2 Å². The molecule has 0 heterocycles. The first-order valence-electron chi connectivity index (χ1n) is 6.79. The molecule has 116 valence electrons. The third-order valence-corrected chi connectivity index (χ3v) is 2.90. The molecule has 0 spiro atoms. The quantitative estimate of drug-likeness (QED) is 0.489. The average Bonchev–Trinajstić information content (AvgIpc) is 2.50. The van der Waals surface area contributed by atoms with Crippen LogP contribution in [0.5, 0.6) is 0 Å². The molecule has 0 amide bonds. The Morgan fingerprint density at radius 3 is 1.91 bits per heavy atom. The van der Waals surface area contributed by atoms with Gasteiger partial charge in [-0.1, -0.05) is 62.6 Å². The Hall–Kier alpha value is -2.54. The van der Waals surface area contributed by atoms with Gasteiger partial charge in [0, 0.05) is 5.41 Å². The van der Waals surface area contributed by atoms with E-state index in [0.717, 1.165) is 0 Å². The standard InChI is InChI=1S/C18H20O4/c1-18(2,3)15(17(20)22-5)12-11-14(16(19)21-4)13-9-7-6-8-10-13/h6-10H,1-5H3. The van der Waals surface area contributed by atoms with Crippen LogP contribution >= 0.6 is 0 Å². The lowest BCUT2D eigenvalue weighted by Crippen LogP contribution is -2.18. The highest BCUT2D eigenvalue weighted by Gasteiger charge is 2.24. The number of benzene rings is 1. The van der Waals surface area contributed by atoms with Gasteiger partial charge in [0.1, 0.15) is 5.57 Å². The van der Waals surface area contributed by atoms with Gasteiger partial charge >= 0.3 is 11.9 Å². The van der Waals surface area contributed by atoms with E-state index < -0.39 is 17.4 Å². The van der Waals surface area contributed by atoms with Gasteiger partial charge in [0.05, 0.1) is 19.8 Å². The zero-order chi connectivity index (χ0) is 16.8. The molecule has 0 aliphatic rings. The van der Waals surface area contributed by atoms with E-state index >= 15 is 0 Å². The summed E-state index contributed by atoms with van der Waals surface area (Å²) in [5.41, 5.74) is 6.19. The second-order valence-corrected chi connectivity index (χ2v) is 5.60. The van der Waals surface area contributed by atoms with E-state index in [4.69, 9.17) is 9.47 Å². The van der Waals surface area contributed by atoms with Crippen molar-refractivity contribution in [2.75, 3.05) is 14.2 Å². The number of hydrogen-bond acceptors (Lipinski definition) is 4. The van der Waals surface area contributed by atoms with Crippen molar-refractivity contribution < 1.29 is 19.1 Å². The van der Waals surface area contributed by atoms with Crippen LogP contribution in [0.15, 0.2) is 47.4 Å². The van der Waals surface area contributed by atoms with Crippen molar-refractivity contribution >= 4 is 17.5 Å². The van der Waals surface area contributed by atoms with Gasteiger partial charge in [0.25, 0.3) is 0 Å². The van der Waals surface area contributed by atoms with E-state index in [1.807, 2.05) is 26.8 Å². The molecule has 0 radical (unpaired) electrons. The Kier molecular flexibility index (Phi) is 5.94. The molecule has 0 saturated heterocycles. The molecular formula is C18H20O4. The fourth-order valence-electron chi connectivity index (χ4n) is 1.72. The normalized spacial score (nSPS) is 10.0. The summed E-state index contributed by atoms with van der Waals surface area (Å²) in [6, 6.07) is 8.96. The highest BCUT2D eigenvalue weighted by molar-refractivity contribution is 6.16. The van der Waals surface area contributed by atoms with Gasteiger partial charge in [-0.15, -0.1) is 0 Å². The summed E-state index contributed by atoms with van der Waals surface area (Å²) < 4.78 is 9.53. The summed E-state index contributed by atoms with van der Waals surface area (Å²) in [5, 5.41) is 0.